The predicted molar refractivity (Wildman–Crippen MR) is 85.0 cm³/mol. The maximum atomic E-state index is 10.8. The van der Waals surface area contributed by atoms with Gasteiger partial charge in [0.25, 0.3) is 0 Å². The topological polar surface area (TPSA) is 79.5 Å². The summed E-state index contributed by atoms with van der Waals surface area (Å²) in [6.07, 6.45) is 1.32. The fraction of sp³-hybridized carbons (Fsp3) is 0.111. The molecule has 0 fully saturated rings. The molecular formula is C18H15NO4. The van der Waals surface area contributed by atoms with E-state index < -0.39 is 5.97 Å². The van der Waals surface area contributed by atoms with E-state index >= 15 is 0 Å². The van der Waals surface area contributed by atoms with Crippen LogP contribution in [0.15, 0.2) is 54.1 Å². The van der Waals surface area contributed by atoms with E-state index in [9.17, 15) is 4.79 Å². The zero-order valence-corrected chi connectivity index (χ0v) is 12.5. The van der Waals surface area contributed by atoms with Gasteiger partial charge in [-0.05, 0) is 41.5 Å². The molecule has 0 radical (unpaired) electrons. The van der Waals surface area contributed by atoms with Crippen molar-refractivity contribution in [3.8, 4) is 17.6 Å². The number of aliphatic carboxylic acids is 1. The van der Waals surface area contributed by atoms with Crippen molar-refractivity contribution in [2.75, 3.05) is 7.11 Å². The summed E-state index contributed by atoms with van der Waals surface area (Å²) < 4.78 is 10.7. The number of rotatable bonds is 6. The fourth-order valence-electron chi connectivity index (χ4n) is 1.86. The van der Waals surface area contributed by atoms with Crippen molar-refractivity contribution in [3.63, 3.8) is 0 Å². The molecule has 2 aromatic rings. The molecule has 2 aromatic carbocycles. The van der Waals surface area contributed by atoms with Crippen LogP contribution in [0.25, 0.3) is 6.08 Å². The van der Waals surface area contributed by atoms with Crippen LogP contribution in [0.2, 0.25) is 0 Å². The second kappa shape index (κ2) is 7.66. The van der Waals surface area contributed by atoms with E-state index in [1.165, 1.54) is 6.08 Å². The lowest BCUT2D eigenvalue weighted by Gasteiger charge is -2.07. The largest absolute Gasteiger partial charge is 0.497 e. The average Bonchev–Trinajstić information content (AvgIpc) is 2.59. The zero-order valence-electron chi connectivity index (χ0n) is 12.5. The van der Waals surface area contributed by atoms with E-state index in [4.69, 9.17) is 19.8 Å². The summed E-state index contributed by atoms with van der Waals surface area (Å²) >= 11 is 0. The summed E-state index contributed by atoms with van der Waals surface area (Å²) in [4.78, 5) is 10.8. The number of nitrogens with zero attached hydrogens (tertiary/aromatic N) is 1. The Balaban J connectivity index is 1.99. The summed E-state index contributed by atoms with van der Waals surface area (Å²) in [5, 5.41) is 17.5. The number of nitriles is 1. The maximum absolute atomic E-state index is 10.8. The fourth-order valence-corrected chi connectivity index (χ4v) is 1.86. The number of benzene rings is 2. The molecule has 5 heteroatoms. The minimum Gasteiger partial charge on any atom is -0.497 e. The van der Waals surface area contributed by atoms with Gasteiger partial charge in [-0.25, -0.2) is 4.79 Å². The van der Waals surface area contributed by atoms with Crippen molar-refractivity contribution >= 4 is 12.0 Å². The van der Waals surface area contributed by atoms with E-state index in [1.807, 2.05) is 24.3 Å². The summed E-state index contributed by atoms with van der Waals surface area (Å²) in [7, 11) is 1.61. The number of hydrogen-bond acceptors (Lipinski definition) is 4. The molecule has 0 spiro atoms. The van der Waals surface area contributed by atoms with Crippen molar-refractivity contribution in [1.29, 1.82) is 5.26 Å². The highest BCUT2D eigenvalue weighted by Crippen LogP contribution is 2.17. The molecule has 0 amide bonds. The molecule has 0 heterocycles. The Morgan fingerprint density at radius 3 is 2.26 bits per heavy atom. The van der Waals surface area contributed by atoms with Crippen LogP contribution in [0.5, 0.6) is 11.5 Å². The molecule has 0 aromatic heterocycles. The maximum Gasteiger partial charge on any atom is 0.346 e. The van der Waals surface area contributed by atoms with Gasteiger partial charge in [0.15, 0.2) is 0 Å². The van der Waals surface area contributed by atoms with Crippen LogP contribution in [0.1, 0.15) is 11.1 Å². The van der Waals surface area contributed by atoms with E-state index in [2.05, 4.69) is 0 Å². The van der Waals surface area contributed by atoms with Crippen molar-refractivity contribution in [2.24, 2.45) is 0 Å². The minimum atomic E-state index is -1.24. The molecule has 0 saturated heterocycles. The number of carboxylic acids is 1. The second-order valence-corrected chi connectivity index (χ2v) is 4.68. The molecule has 0 aliphatic carbocycles. The number of hydrogen-bond donors (Lipinski definition) is 1. The molecule has 0 unspecified atom stereocenters. The van der Waals surface area contributed by atoms with Gasteiger partial charge in [-0.3, -0.25) is 0 Å². The second-order valence-electron chi connectivity index (χ2n) is 4.68. The number of methoxy groups -OCH3 is 1. The molecule has 5 nitrogen and oxygen atoms in total. The SMILES string of the molecule is COc1ccc(COc2ccc(C=C(C#N)C(=O)O)cc2)cc1. The molecule has 1 N–H and O–H groups in total. The minimum absolute atomic E-state index is 0.308. The first kappa shape index (κ1) is 16.1. The monoisotopic (exact) mass is 309 g/mol. The number of carbonyl (C=O) groups is 1. The molecule has 0 aliphatic heterocycles. The van der Waals surface area contributed by atoms with Crippen LogP contribution >= 0.6 is 0 Å². The van der Waals surface area contributed by atoms with Gasteiger partial charge in [0.1, 0.15) is 29.7 Å². The lowest BCUT2D eigenvalue weighted by Crippen LogP contribution is -1.97. The summed E-state index contributed by atoms with van der Waals surface area (Å²) in [5.74, 6) is 0.204. The zero-order chi connectivity index (χ0) is 16.7. The normalized spacial score (nSPS) is 10.7. The van der Waals surface area contributed by atoms with Gasteiger partial charge in [0, 0.05) is 0 Å². The van der Waals surface area contributed by atoms with Gasteiger partial charge in [-0.2, -0.15) is 5.26 Å². The van der Waals surface area contributed by atoms with E-state index in [1.54, 1.807) is 37.4 Å². The molecule has 0 bridgehead atoms. The molecular weight excluding hydrogens is 294 g/mol. The van der Waals surface area contributed by atoms with Crippen LogP contribution in [0.4, 0.5) is 0 Å². The van der Waals surface area contributed by atoms with Crippen molar-refractivity contribution < 1.29 is 19.4 Å². The Morgan fingerprint density at radius 1 is 1.13 bits per heavy atom. The molecule has 2 rings (SSSR count). The first-order valence-corrected chi connectivity index (χ1v) is 6.83. The summed E-state index contributed by atoms with van der Waals surface area (Å²) in [6.45, 7) is 0.414. The predicted octanol–water partition coefficient (Wildman–Crippen LogP) is 3.27. The van der Waals surface area contributed by atoms with Crippen molar-refractivity contribution in [2.45, 2.75) is 6.61 Å². The van der Waals surface area contributed by atoms with Gasteiger partial charge in [-0.15, -0.1) is 0 Å². The highest BCUT2D eigenvalue weighted by molar-refractivity contribution is 5.96. The Bertz CT molecular complexity index is 740. The van der Waals surface area contributed by atoms with E-state index in [-0.39, 0.29) is 5.57 Å². The van der Waals surface area contributed by atoms with Crippen LogP contribution in [-0.2, 0) is 11.4 Å². The third kappa shape index (κ3) is 4.61. The lowest BCUT2D eigenvalue weighted by molar-refractivity contribution is -0.132. The first-order chi connectivity index (χ1) is 11.1. The van der Waals surface area contributed by atoms with Gasteiger partial charge >= 0.3 is 5.97 Å². The van der Waals surface area contributed by atoms with Gasteiger partial charge < -0.3 is 14.6 Å². The molecule has 116 valence electrons. The van der Waals surface area contributed by atoms with Crippen molar-refractivity contribution in [3.05, 3.63) is 65.2 Å². The molecule has 0 atom stereocenters. The highest BCUT2D eigenvalue weighted by Gasteiger charge is 2.05. The first-order valence-electron chi connectivity index (χ1n) is 6.83. The van der Waals surface area contributed by atoms with Gasteiger partial charge in [-0.1, -0.05) is 24.3 Å². The standard InChI is InChI=1S/C18H15NO4/c1-22-16-6-4-14(5-7-16)12-23-17-8-2-13(3-9-17)10-15(11-19)18(20)21/h2-10H,12H2,1H3,(H,20,21). The molecule has 23 heavy (non-hydrogen) atoms. The van der Waals surface area contributed by atoms with Crippen LogP contribution in [-0.4, -0.2) is 18.2 Å². The Hall–Kier alpha value is -3.26. The van der Waals surface area contributed by atoms with E-state index in [0.717, 1.165) is 11.3 Å². The van der Waals surface area contributed by atoms with Crippen LogP contribution < -0.4 is 9.47 Å². The van der Waals surface area contributed by atoms with Crippen LogP contribution in [0.3, 0.4) is 0 Å². The smallest absolute Gasteiger partial charge is 0.346 e. The quantitative estimate of drug-likeness (QED) is 0.654. The Labute approximate surface area is 134 Å². The molecule has 0 aliphatic rings. The molecule has 0 saturated carbocycles. The van der Waals surface area contributed by atoms with Gasteiger partial charge in [0.05, 0.1) is 7.11 Å². The van der Waals surface area contributed by atoms with Crippen molar-refractivity contribution in [1.82, 2.24) is 0 Å². The highest BCUT2D eigenvalue weighted by atomic mass is 16.5. The third-order valence-electron chi connectivity index (χ3n) is 3.11. The number of carboxylic acid groups (broad SMARTS) is 1. The summed E-state index contributed by atoms with van der Waals surface area (Å²) in [6, 6.07) is 16.1. The lowest BCUT2D eigenvalue weighted by atomic mass is 10.1. The summed E-state index contributed by atoms with van der Waals surface area (Å²) in [5.41, 5.74) is 1.32. The number of ether oxygens (including phenoxy) is 2. The Kier molecular flexibility index (Phi) is 5.37. The third-order valence-corrected chi connectivity index (χ3v) is 3.11. The van der Waals surface area contributed by atoms with E-state index in [0.29, 0.717) is 17.9 Å². The van der Waals surface area contributed by atoms with Crippen LogP contribution in [0, 0.1) is 11.3 Å². The van der Waals surface area contributed by atoms with Gasteiger partial charge in [0.2, 0.25) is 0 Å². The average molecular weight is 309 g/mol. The Morgan fingerprint density at radius 2 is 1.74 bits per heavy atom.